The molecule has 0 aromatic rings. The number of aliphatic carboxylic acids is 1. The Morgan fingerprint density at radius 1 is 1.41 bits per heavy atom. The number of nitrogens with one attached hydrogen (secondary N) is 1. The second-order valence-electron chi connectivity index (χ2n) is 3.90. The Hall–Kier alpha value is -1.15. The van der Waals surface area contributed by atoms with Gasteiger partial charge < -0.3 is 10.0 Å². The van der Waals surface area contributed by atoms with Crippen molar-refractivity contribution in [3.05, 3.63) is 0 Å². The van der Waals surface area contributed by atoms with E-state index < -0.39 is 33.7 Å². The van der Waals surface area contributed by atoms with E-state index in [1.807, 2.05) is 4.72 Å². The largest absolute Gasteiger partial charge is 0.480 e. The maximum Gasteiger partial charge on any atom is 0.326 e. The molecule has 1 fully saturated rings. The van der Waals surface area contributed by atoms with Gasteiger partial charge in [-0.3, -0.25) is 4.79 Å². The average molecular weight is 264 g/mol. The molecule has 1 amide bonds. The SMILES string of the molecule is CNS(=O)(=O)CC(=O)N1CCCCC1C(=O)O. The summed E-state index contributed by atoms with van der Waals surface area (Å²) in [4.78, 5) is 23.8. The van der Waals surface area contributed by atoms with Crippen LogP contribution in [0.1, 0.15) is 19.3 Å². The Kier molecular flexibility index (Phi) is 4.47. The minimum absolute atomic E-state index is 0.301. The second-order valence-corrected chi connectivity index (χ2v) is 5.83. The number of piperidine rings is 1. The van der Waals surface area contributed by atoms with Gasteiger partial charge in [-0.15, -0.1) is 0 Å². The molecule has 7 nitrogen and oxygen atoms in total. The smallest absolute Gasteiger partial charge is 0.326 e. The van der Waals surface area contributed by atoms with Gasteiger partial charge in [0.15, 0.2) is 0 Å². The van der Waals surface area contributed by atoms with Crippen LogP contribution in [0.25, 0.3) is 0 Å². The molecular formula is C9H16N2O5S. The number of hydrogen-bond acceptors (Lipinski definition) is 4. The van der Waals surface area contributed by atoms with Crippen molar-refractivity contribution in [3.8, 4) is 0 Å². The van der Waals surface area contributed by atoms with Crippen molar-refractivity contribution in [2.24, 2.45) is 0 Å². The summed E-state index contributed by atoms with van der Waals surface area (Å²) < 4.78 is 24.5. The zero-order valence-electron chi connectivity index (χ0n) is 9.55. The number of carbonyl (C=O) groups is 2. The topological polar surface area (TPSA) is 104 Å². The lowest BCUT2D eigenvalue weighted by Crippen LogP contribution is -2.50. The van der Waals surface area contributed by atoms with Crippen LogP contribution in [-0.2, 0) is 19.6 Å². The van der Waals surface area contributed by atoms with Gasteiger partial charge in [-0.05, 0) is 26.3 Å². The zero-order chi connectivity index (χ0) is 13.1. The van der Waals surface area contributed by atoms with Crippen LogP contribution in [0.4, 0.5) is 0 Å². The summed E-state index contributed by atoms with van der Waals surface area (Å²) in [7, 11) is -2.44. The summed E-state index contributed by atoms with van der Waals surface area (Å²) >= 11 is 0. The maximum atomic E-state index is 11.7. The van der Waals surface area contributed by atoms with Crippen LogP contribution in [0.2, 0.25) is 0 Å². The molecular weight excluding hydrogens is 248 g/mol. The minimum atomic E-state index is -3.65. The van der Waals surface area contributed by atoms with Crippen molar-refractivity contribution in [2.45, 2.75) is 25.3 Å². The van der Waals surface area contributed by atoms with E-state index in [1.54, 1.807) is 0 Å². The van der Waals surface area contributed by atoms with Gasteiger partial charge in [0.2, 0.25) is 15.9 Å². The molecule has 8 heteroatoms. The van der Waals surface area contributed by atoms with Crippen molar-refractivity contribution < 1.29 is 23.1 Å². The molecule has 1 aliphatic heterocycles. The summed E-state index contributed by atoms with van der Waals surface area (Å²) in [5.74, 6) is -2.45. The number of likely N-dealkylation sites (tertiary alicyclic amines) is 1. The third-order valence-electron chi connectivity index (χ3n) is 2.73. The highest BCUT2D eigenvalue weighted by molar-refractivity contribution is 7.90. The fourth-order valence-corrected chi connectivity index (χ4v) is 2.44. The van der Waals surface area contributed by atoms with Crippen LogP contribution in [0, 0.1) is 0 Å². The number of amides is 1. The molecule has 0 aliphatic carbocycles. The van der Waals surface area contributed by atoms with E-state index in [9.17, 15) is 18.0 Å². The molecule has 1 aliphatic rings. The molecule has 0 aromatic heterocycles. The predicted octanol–water partition coefficient (Wildman–Crippen LogP) is -0.999. The molecule has 0 spiro atoms. The molecule has 98 valence electrons. The van der Waals surface area contributed by atoms with Gasteiger partial charge in [0.1, 0.15) is 11.8 Å². The average Bonchev–Trinajstić information content (AvgIpc) is 2.28. The molecule has 0 radical (unpaired) electrons. The number of rotatable bonds is 4. The minimum Gasteiger partial charge on any atom is -0.480 e. The van der Waals surface area contributed by atoms with E-state index in [2.05, 4.69) is 0 Å². The Labute approximate surface area is 99.8 Å². The Morgan fingerprint density at radius 2 is 2.06 bits per heavy atom. The Bertz CT molecular complexity index is 406. The molecule has 0 bridgehead atoms. The van der Waals surface area contributed by atoms with E-state index in [4.69, 9.17) is 5.11 Å². The van der Waals surface area contributed by atoms with Crippen molar-refractivity contribution in [1.29, 1.82) is 0 Å². The lowest BCUT2D eigenvalue weighted by molar-refractivity contribution is -0.151. The first-order valence-electron chi connectivity index (χ1n) is 5.31. The number of carbonyl (C=O) groups excluding carboxylic acids is 1. The molecule has 0 aromatic carbocycles. The fourth-order valence-electron chi connectivity index (χ4n) is 1.80. The number of carboxylic acid groups (broad SMARTS) is 1. The summed E-state index contributed by atoms with van der Waals surface area (Å²) in [6, 6.07) is -0.900. The lowest BCUT2D eigenvalue weighted by Gasteiger charge is -2.32. The first kappa shape index (κ1) is 13.9. The highest BCUT2D eigenvalue weighted by Gasteiger charge is 2.33. The quantitative estimate of drug-likeness (QED) is 0.678. The van der Waals surface area contributed by atoms with Crippen LogP contribution >= 0.6 is 0 Å². The molecule has 0 saturated carbocycles. The van der Waals surface area contributed by atoms with Crippen LogP contribution in [0.3, 0.4) is 0 Å². The van der Waals surface area contributed by atoms with Crippen LogP contribution in [-0.4, -0.2) is 55.7 Å². The van der Waals surface area contributed by atoms with Gasteiger partial charge >= 0.3 is 5.97 Å². The molecule has 1 atom stereocenters. The summed E-state index contributed by atoms with van der Waals surface area (Å²) in [6.45, 7) is 0.301. The predicted molar refractivity (Wildman–Crippen MR) is 59.8 cm³/mol. The third-order valence-corrected chi connectivity index (χ3v) is 3.98. The van der Waals surface area contributed by atoms with E-state index >= 15 is 0 Å². The lowest BCUT2D eigenvalue weighted by atomic mass is 10.0. The molecule has 1 saturated heterocycles. The van der Waals surface area contributed by atoms with Gasteiger partial charge in [-0.25, -0.2) is 17.9 Å². The Balaban J connectivity index is 2.75. The van der Waals surface area contributed by atoms with Gasteiger partial charge in [-0.2, -0.15) is 0 Å². The number of nitrogens with zero attached hydrogens (tertiary/aromatic N) is 1. The Morgan fingerprint density at radius 3 is 2.59 bits per heavy atom. The highest BCUT2D eigenvalue weighted by atomic mass is 32.2. The number of hydrogen-bond donors (Lipinski definition) is 2. The monoisotopic (exact) mass is 264 g/mol. The first-order chi connectivity index (χ1) is 7.87. The van der Waals surface area contributed by atoms with E-state index in [0.29, 0.717) is 19.4 Å². The molecule has 2 N–H and O–H groups in total. The van der Waals surface area contributed by atoms with Gasteiger partial charge in [-0.1, -0.05) is 0 Å². The number of carboxylic acids is 1. The van der Waals surface area contributed by atoms with Crippen molar-refractivity contribution >= 4 is 21.9 Å². The molecule has 1 heterocycles. The third kappa shape index (κ3) is 3.67. The molecule has 1 rings (SSSR count). The van der Waals surface area contributed by atoms with Crippen LogP contribution in [0.5, 0.6) is 0 Å². The van der Waals surface area contributed by atoms with E-state index in [0.717, 1.165) is 11.3 Å². The summed E-state index contributed by atoms with van der Waals surface area (Å²) in [5.41, 5.74) is 0. The number of sulfonamides is 1. The van der Waals surface area contributed by atoms with E-state index in [1.165, 1.54) is 7.05 Å². The van der Waals surface area contributed by atoms with Crippen molar-refractivity contribution in [2.75, 3.05) is 19.3 Å². The van der Waals surface area contributed by atoms with E-state index in [-0.39, 0.29) is 0 Å². The first-order valence-corrected chi connectivity index (χ1v) is 6.96. The maximum absolute atomic E-state index is 11.7. The second kappa shape index (κ2) is 5.46. The molecule has 17 heavy (non-hydrogen) atoms. The van der Waals surface area contributed by atoms with Gasteiger partial charge in [0.05, 0.1) is 0 Å². The van der Waals surface area contributed by atoms with Crippen molar-refractivity contribution in [3.63, 3.8) is 0 Å². The summed E-state index contributed by atoms with van der Waals surface area (Å²) in [5, 5.41) is 8.95. The standard InChI is InChI=1S/C9H16N2O5S/c1-10-17(15,16)6-8(12)11-5-3-2-4-7(11)9(13)14/h7,10H,2-6H2,1H3,(H,13,14). The normalized spacial score (nSPS) is 21.2. The zero-order valence-corrected chi connectivity index (χ0v) is 10.4. The van der Waals surface area contributed by atoms with Crippen LogP contribution < -0.4 is 4.72 Å². The fraction of sp³-hybridized carbons (Fsp3) is 0.778. The van der Waals surface area contributed by atoms with Crippen molar-refractivity contribution in [1.82, 2.24) is 9.62 Å². The van der Waals surface area contributed by atoms with Gasteiger partial charge in [0.25, 0.3) is 0 Å². The summed E-state index contributed by atoms with van der Waals surface area (Å²) in [6.07, 6.45) is 1.81. The van der Waals surface area contributed by atoms with Crippen LogP contribution in [0.15, 0.2) is 0 Å². The van der Waals surface area contributed by atoms with Gasteiger partial charge in [0, 0.05) is 6.54 Å². The highest BCUT2D eigenvalue weighted by Crippen LogP contribution is 2.17. The molecule has 1 unspecified atom stereocenters.